The van der Waals surface area contributed by atoms with Crippen molar-refractivity contribution in [3.63, 3.8) is 0 Å². The van der Waals surface area contributed by atoms with E-state index in [0.29, 0.717) is 32.5 Å². The molecule has 0 bridgehead atoms. The summed E-state index contributed by atoms with van der Waals surface area (Å²) in [5, 5.41) is 9.29. The smallest absolute Gasteiger partial charge is 0.225 e. The summed E-state index contributed by atoms with van der Waals surface area (Å²) >= 11 is 12.6. The van der Waals surface area contributed by atoms with Gasteiger partial charge < -0.3 is 14.4 Å². The van der Waals surface area contributed by atoms with Crippen molar-refractivity contribution in [3.8, 4) is 22.8 Å². The number of anilines is 1. The lowest BCUT2D eigenvalue weighted by Gasteiger charge is -2.45. The fourth-order valence-electron chi connectivity index (χ4n) is 4.29. The van der Waals surface area contributed by atoms with Gasteiger partial charge in [0.25, 0.3) is 0 Å². The zero-order valence-corrected chi connectivity index (χ0v) is 20.8. The molecule has 1 saturated heterocycles. The van der Waals surface area contributed by atoms with Crippen LogP contribution < -0.4 is 14.4 Å². The first-order valence-corrected chi connectivity index (χ1v) is 11.6. The first-order chi connectivity index (χ1) is 16.3. The van der Waals surface area contributed by atoms with E-state index in [-0.39, 0.29) is 0 Å². The largest absolute Gasteiger partial charge is 0.493 e. The number of halogens is 2. The molecule has 3 aromatic heterocycles. The molecule has 0 amide bonds. The molecular weight excluding hydrogens is 475 g/mol. The standard InChI is InChI=1S/C24H24Cl2N6O2/c1-13(21-16(25)9-27-10-17(21)26)34-20-5-15-18(6-19(20)33-4)30-31-22(15)14-7-28-23(29-8-14)32-11-24(2,3)12-32/h5-10,13H,11-12H2,1-4H3,(H,30,31)/t13-/m1/s1. The molecule has 1 aliphatic heterocycles. The van der Waals surface area contributed by atoms with E-state index in [9.17, 15) is 0 Å². The van der Waals surface area contributed by atoms with Crippen molar-refractivity contribution in [1.29, 1.82) is 0 Å². The number of pyridine rings is 1. The molecule has 8 nitrogen and oxygen atoms in total. The van der Waals surface area contributed by atoms with E-state index < -0.39 is 6.10 Å². The van der Waals surface area contributed by atoms with Gasteiger partial charge in [-0.05, 0) is 18.4 Å². The maximum Gasteiger partial charge on any atom is 0.225 e. The minimum absolute atomic E-state index is 0.303. The summed E-state index contributed by atoms with van der Waals surface area (Å²) in [6.45, 7) is 8.23. The van der Waals surface area contributed by atoms with Gasteiger partial charge in [-0.25, -0.2) is 9.97 Å². The predicted molar refractivity (Wildman–Crippen MR) is 133 cm³/mol. The molecule has 34 heavy (non-hydrogen) atoms. The van der Waals surface area contributed by atoms with E-state index >= 15 is 0 Å². The SMILES string of the molecule is COc1cc2[nH]nc(-c3cnc(N4CC(C)(C)C4)nc3)c2cc1O[C@H](C)c1c(Cl)cncc1Cl. The summed E-state index contributed by atoms with van der Waals surface area (Å²) in [5.41, 5.74) is 3.30. The minimum atomic E-state index is -0.437. The van der Waals surface area contributed by atoms with Gasteiger partial charge in [0.15, 0.2) is 11.5 Å². The van der Waals surface area contributed by atoms with Crippen molar-refractivity contribution in [2.24, 2.45) is 5.41 Å². The second-order valence-corrected chi connectivity index (χ2v) is 10.0. The van der Waals surface area contributed by atoms with Crippen LogP contribution in [-0.4, -0.2) is 45.3 Å². The van der Waals surface area contributed by atoms with Crippen LogP contribution in [0.3, 0.4) is 0 Å². The highest BCUT2D eigenvalue weighted by Crippen LogP contribution is 2.40. The summed E-state index contributed by atoms with van der Waals surface area (Å²) in [5.74, 6) is 1.82. The van der Waals surface area contributed by atoms with Gasteiger partial charge in [0.1, 0.15) is 11.8 Å². The lowest BCUT2D eigenvalue weighted by atomic mass is 9.85. The van der Waals surface area contributed by atoms with Gasteiger partial charge in [0, 0.05) is 60.5 Å². The Morgan fingerprint density at radius 2 is 1.71 bits per heavy atom. The molecule has 1 atom stereocenters. The summed E-state index contributed by atoms with van der Waals surface area (Å²) in [7, 11) is 1.59. The van der Waals surface area contributed by atoms with Crippen molar-refractivity contribution in [3.05, 3.63) is 52.5 Å². The topological polar surface area (TPSA) is 89.1 Å². The highest BCUT2D eigenvalue weighted by Gasteiger charge is 2.35. The number of H-pyrrole nitrogens is 1. The van der Waals surface area contributed by atoms with Crippen LogP contribution in [0.15, 0.2) is 36.9 Å². The van der Waals surface area contributed by atoms with Crippen molar-refractivity contribution >= 4 is 40.1 Å². The molecule has 10 heteroatoms. The number of fused-ring (bicyclic) bond motifs is 1. The fourth-order valence-corrected chi connectivity index (χ4v) is 4.96. The van der Waals surface area contributed by atoms with Crippen LogP contribution in [-0.2, 0) is 0 Å². The van der Waals surface area contributed by atoms with Gasteiger partial charge in [-0.1, -0.05) is 37.0 Å². The summed E-state index contributed by atoms with van der Waals surface area (Å²) in [6.07, 6.45) is 6.25. The number of aromatic nitrogens is 5. The number of hydrogen-bond acceptors (Lipinski definition) is 7. The maximum absolute atomic E-state index is 6.32. The Labute approximate surface area is 207 Å². The lowest BCUT2D eigenvalue weighted by Crippen LogP contribution is -2.53. The van der Waals surface area contributed by atoms with Crippen molar-refractivity contribution < 1.29 is 9.47 Å². The van der Waals surface area contributed by atoms with Crippen LogP contribution >= 0.6 is 23.2 Å². The van der Waals surface area contributed by atoms with E-state index in [4.69, 9.17) is 32.7 Å². The van der Waals surface area contributed by atoms with Crippen LogP contribution in [0.5, 0.6) is 11.5 Å². The first kappa shape index (κ1) is 22.7. The number of nitrogens with one attached hydrogen (secondary N) is 1. The Balaban J connectivity index is 1.47. The van der Waals surface area contributed by atoms with Crippen LogP contribution in [0.1, 0.15) is 32.4 Å². The maximum atomic E-state index is 6.32. The molecule has 0 saturated carbocycles. The molecule has 4 heterocycles. The Bertz CT molecular complexity index is 1330. The zero-order valence-electron chi connectivity index (χ0n) is 19.3. The lowest BCUT2D eigenvalue weighted by molar-refractivity contribution is 0.216. The van der Waals surface area contributed by atoms with Crippen LogP contribution in [0.2, 0.25) is 10.0 Å². The Morgan fingerprint density at radius 1 is 1.03 bits per heavy atom. The molecule has 5 rings (SSSR count). The molecule has 1 aliphatic rings. The summed E-state index contributed by atoms with van der Waals surface area (Å²) in [6, 6.07) is 3.74. The Kier molecular flexibility index (Phi) is 5.73. The van der Waals surface area contributed by atoms with Gasteiger partial charge in [0.05, 0.1) is 22.7 Å². The van der Waals surface area contributed by atoms with Crippen molar-refractivity contribution in [2.75, 3.05) is 25.1 Å². The van der Waals surface area contributed by atoms with E-state index in [2.05, 4.69) is 43.9 Å². The fraction of sp³-hybridized carbons (Fsp3) is 0.333. The van der Waals surface area contributed by atoms with Gasteiger partial charge in [-0.15, -0.1) is 0 Å². The number of ether oxygens (including phenoxy) is 2. The second-order valence-electron chi connectivity index (χ2n) is 9.19. The minimum Gasteiger partial charge on any atom is -0.493 e. The molecule has 1 N–H and O–H groups in total. The number of hydrogen-bond donors (Lipinski definition) is 1. The van der Waals surface area contributed by atoms with Crippen LogP contribution in [0, 0.1) is 5.41 Å². The molecule has 176 valence electrons. The average Bonchev–Trinajstić information content (AvgIpc) is 3.19. The second kappa shape index (κ2) is 8.60. The molecule has 1 fully saturated rings. The molecular formula is C24H24Cl2N6O2. The number of nitrogens with zero attached hydrogens (tertiary/aromatic N) is 5. The predicted octanol–water partition coefficient (Wildman–Crippen LogP) is 5.72. The monoisotopic (exact) mass is 498 g/mol. The van der Waals surface area contributed by atoms with Gasteiger partial charge in [-0.3, -0.25) is 10.1 Å². The number of methoxy groups -OCH3 is 1. The molecule has 0 unspecified atom stereocenters. The quantitative estimate of drug-likeness (QED) is 0.363. The Morgan fingerprint density at radius 3 is 2.32 bits per heavy atom. The van der Waals surface area contributed by atoms with E-state index in [1.54, 1.807) is 31.9 Å². The summed E-state index contributed by atoms with van der Waals surface area (Å²) < 4.78 is 11.8. The van der Waals surface area contributed by atoms with E-state index in [1.807, 2.05) is 19.1 Å². The highest BCUT2D eigenvalue weighted by molar-refractivity contribution is 6.35. The van der Waals surface area contributed by atoms with Crippen LogP contribution in [0.25, 0.3) is 22.2 Å². The Hall–Kier alpha value is -3.10. The van der Waals surface area contributed by atoms with Gasteiger partial charge in [-0.2, -0.15) is 5.10 Å². The van der Waals surface area contributed by atoms with E-state index in [1.165, 1.54) is 0 Å². The third kappa shape index (κ3) is 4.12. The van der Waals surface area contributed by atoms with Crippen molar-refractivity contribution in [2.45, 2.75) is 26.9 Å². The summed E-state index contributed by atoms with van der Waals surface area (Å²) in [4.78, 5) is 15.3. The molecule has 4 aromatic rings. The zero-order chi connectivity index (χ0) is 24.0. The van der Waals surface area contributed by atoms with Crippen molar-refractivity contribution in [1.82, 2.24) is 25.1 Å². The third-order valence-electron chi connectivity index (χ3n) is 5.88. The number of rotatable bonds is 6. The highest BCUT2D eigenvalue weighted by atomic mass is 35.5. The van der Waals surface area contributed by atoms with Gasteiger partial charge in [0.2, 0.25) is 5.95 Å². The third-order valence-corrected chi connectivity index (χ3v) is 6.48. The molecule has 0 radical (unpaired) electrons. The number of benzene rings is 1. The van der Waals surface area contributed by atoms with Crippen LogP contribution in [0.4, 0.5) is 5.95 Å². The molecule has 1 aromatic carbocycles. The average molecular weight is 499 g/mol. The molecule has 0 spiro atoms. The first-order valence-electron chi connectivity index (χ1n) is 10.8. The normalized spacial score (nSPS) is 15.8. The van der Waals surface area contributed by atoms with Gasteiger partial charge >= 0.3 is 0 Å². The molecule has 0 aliphatic carbocycles. The van der Waals surface area contributed by atoms with E-state index in [0.717, 1.165) is 41.2 Å². The number of aromatic amines is 1.